The highest BCUT2D eigenvalue weighted by atomic mass is 32.2. The molecule has 0 heterocycles. The molecule has 0 spiro atoms. The summed E-state index contributed by atoms with van der Waals surface area (Å²) in [7, 11) is 0. The van der Waals surface area contributed by atoms with Crippen LogP contribution in [0.1, 0.15) is 6.42 Å². The van der Waals surface area contributed by atoms with E-state index in [4.69, 9.17) is 5.11 Å². The molecule has 0 fully saturated rings. The molecule has 92 valence electrons. The van der Waals surface area contributed by atoms with Gasteiger partial charge in [0.25, 0.3) is 0 Å². The minimum Gasteiger partial charge on any atom is -0.481 e. The number of rotatable bonds is 5. The van der Waals surface area contributed by atoms with E-state index in [-0.39, 0.29) is 13.0 Å². The molecule has 5 nitrogen and oxygen atoms in total. The van der Waals surface area contributed by atoms with Crippen LogP contribution < -0.4 is 10.6 Å². The van der Waals surface area contributed by atoms with Gasteiger partial charge in [0, 0.05) is 11.4 Å². The number of hydrogen-bond donors (Lipinski definition) is 3. The molecule has 0 bridgehead atoms. The summed E-state index contributed by atoms with van der Waals surface area (Å²) in [6.45, 7) is 0.114. The lowest BCUT2D eigenvalue weighted by atomic mass is 10.3. The van der Waals surface area contributed by atoms with E-state index in [9.17, 15) is 9.59 Å². The summed E-state index contributed by atoms with van der Waals surface area (Å²) in [5, 5.41) is 13.6. The number of amides is 2. The first-order valence-corrected chi connectivity index (χ1v) is 6.25. The van der Waals surface area contributed by atoms with Gasteiger partial charge in [0.2, 0.25) is 0 Å². The van der Waals surface area contributed by atoms with Crippen molar-refractivity contribution in [3.05, 3.63) is 24.3 Å². The third-order valence-corrected chi connectivity index (χ3v) is 2.78. The number of carbonyl (C=O) groups is 2. The Morgan fingerprint density at radius 1 is 1.35 bits per heavy atom. The highest BCUT2D eigenvalue weighted by Gasteiger charge is 2.05. The standard InChI is InChI=1S/C11H14N2O3S/c1-17-9-5-3-2-4-8(9)13-11(16)12-7-6-10(14)15/h2-5H,6-7H2,1H3,(H,14,15)(H2,12,13,16). The Bertz CT molecular complexity index is 409. The average Bonchev–Trinajstić information content (AvgIpc) is 2.29. The molecule has 0 aliphatic heterocycles. The Kier molecular flexibility index (Phi) is 5.35. The van der Waals surface area contributed by atoms with Crippen molar-refractivity contribution in [1.29, 1.82) is 0 Å². The number of carboxylic acid groups (broad SMARTS) is 1. The lowest BCUT2D eigenvalue weighted by molar-refractivity contribution is -0.136. The molecule has 0 radical (unpaired) electrons. The first-order chi connectivity index (χ1) is 8.13. The molecule has 1 aromatic carbocycles. The van der Waals surface area contributed by atoms with Gasteiger partial charge in [-0.25, -0.2) is 4.79 Å². The Hall–Kier alpha value is -1.69. The fraction of sp³-hybridized carbons (Fsp3) is 0.273. The largest absolute Gasteiger partial charge is 0.481 e. The number of anilines is 1. The van der Waals surface area contributed by atoms with E-state index in [1.54, 1.807) is 6.07 Å². The summed E-state index contributed by atoms with van der Waals surface area (Å²) in [5.74, 6) is -0.935. The summed E-state index contributed by atoms with van der Waals surface area (Å²) >= 11 is 1.53. The molecule has 0 unspecified atom stereocenters. The molecule has 0 aromatic heterocycles. The van der Waals surface area contributed by atoms with Crippen LogP contribution in [0.3, 0.4) is 0 Å². The summed E-state index contributed by atoms with van der Waals surface area (Å²) < 4.78 is 0. The van der Waals surface area contributed by atoms with Crippen LogP contribution in [0.15, 0.2) is 29.2 Å². The van der Waals surface area contributed by atoms with Gasteiger partial charge in [-0.2, -0.15) is 0 Å². The van der Waals surface area contributed by atoms with Crippen LogP contribution in [0.4, 0.5) is 10.5 Å². The van der Waals surface area contributed by atoms with Gasteiger partial charge in [0.15, 0.2) is 0 Å². The predicted molar refractivity (Wildman–Crippen MR) is 67.5 cm³/mol. The first kappa shape index (κ1) is 13.4. The third-order valence-electron chi connectivity index (χ3n) is 1.98. The second kappa shape index (κ2) is 6.80. The Morgan fingerprint density at radius 3 is 2.71 bits per heavy atom. The van der Waals surface area contributed by atoms with Gasteiger partial charge in [-0.3, -0.25) is 4.79 Å². The zero-order valence-electron chi connectivity index (χ0n) is 9.40. The number of hydrogen-bond acceptors (Lipinski definition) is 3. The minimum atomic E-state index is -0.935. The Morgan fingerprint density at radius 2 is 2.06 bits per heavy atom. The van der Waals surface area contributed by atoms with Crippen molar-refractivity contribution in [2.75, 3.05) is 18.1 Å². The van der Waals surface area contributed by atoms with Crippen LogP contribution >= 0.6 is 11.8 Å². The molecule has 0 saturated carbocycles. The fourth-order valence-corrected chi connectivity index (χ4v) is 1.75. The summed E-state index contributed by atoms with van der Waals surface area (Å²) in [6.07, 6.45) is 1.83. The van der Waals surface area contributed by atoms with E-state index in [0.29, 0.717) is 5.69 Å². The maximum absolute atomic E-state index is 11.4. The fourth-order valence-electron chi connectivity index (χ4n) is 1.20. The topological polar surface area (TPSA) is 78.4 Å². The molecule has 0 aliphatic carbocycles. The average molecular weight is 254 g/mol. The van der Waals surface area contributed by atoms with E-state index in [1.807, 2.05) is 24.5 Å². The van der Waals surface area contributed by atoms with Gasteiger partial charge in [-0.05, 0) is 18.4 Å². The molecule has 17 heavy (non-hydrogen) atoms. The smallest absolute Gasteiger partial charge is 0.319 e. The number of benzene rings is 1. The van der Waals surface area contributed by atoms with Crippen molar-refractivity contribution >= 4 is 29.4 Å². The van der Waals surface area contributed by atoms with Gasteiger partial charge < -0.3 is 15.7 Å². The second-order valence-electron chi connectivity index (χ2n) is 3.22. The highest BCUT2D eigenvalue weighted by molar-refractivity contribution is 7.98. The second-order valence-corrected chi connectivity index (χ2v) is 4.07. The van der Waals surface area contributed by atoms with Crippen molar-refractivity contribution in [3.63, 3.8) is 0 Å². The van der Waals surface area contributed by atoms with Gasteiger partial charge in [0.1, 0.15) is 0 Å². The monoisotopic (exact) mass is 254 g/mol. The van der Waals surface area contributed by atoms with Gasteiger partial charge in [-0.15, -0.1) is 11.8 Å². The normalized spacial score (nSPS) is 9.71. The number of aliphatic carboxylic acids is 1. The molecule has 1 aromatic rings. The number of carboxylic acids is 1. The maximum Gasteiger partial charge on any atom is 0.319 e. The molecule has 3 N–H and O–H groups in total. The van der Waals surface area contributed by atoms with Crippen molar-refractivity contribution in [2.45, 2.75) is 11.3 Å². The molecule has 6 heteroatoms. The van der Waals surface area contributed by atoms with E-state index >= 15 is 0 Å². The van der Waals surface area contributed by atoms with Crippen LogP contribution in [-0.2, 0) is 4.79 Å². The van der Waals surface area contributed by atoms with Crippen LogP contribution in [0.25, 0.3) is 0 Å². The Labute approximate surface area is 104 Å². The van der Waals surface area contributed by atoms with Gasteiger partial charge >= 0.3 is 12.0 Å². The number of urea groups is 1. The van der Waals surface area contributed by atoms with Crippen LogP contribution in [0, 0.1) is 0 Å². The van der Waals surface area contributed by atoms with E-state index < -0.39 is 12.0 Å². The predicted octanol–water partition coefficient (Wildman–Crippen LogP) is 2.00. The van der Waals surface area contributed by atoms with Crippen LogP contribution in [0.5, 0.6) is 0 Å². The minimum absolute atomic E-state index is 0.0857. The zero-order chi connectivity index (χ0) is 12.7. The summed E-state index contributed by atoms with van der Waals surface area (Å²) in [5.41, 5.74) is 0.716. The number of nitrogens with one attached hydrogen (secondary N) is 2. The number of para-hydroxylation sites is 1. The number of thioether (sulfide) groups is 1. The quantitative estimate of drug-likeness (QED) is 0.702. The van der Waals surface area contributed by atoms with Crippen molar-refractivity contribution < 1.29 is 14.7 Å². The van der Waals surface area contributed by atoms with E-state index in [0.717, 1.165) is 4.90 Å². The number of carbonyl (C=O) groups excluding carboxylic acids is 1. The first-order valence-electron chi connectivity index (χ1n) is 5.03. The van der Waals surface area contributed by atoms with Crippen LogP contribution in [0.2, 0.25) is 0 Å². The summed E-state index contributed by atoms with van der Waals surface area (Å²) in [4.78, 5) is 22.7. The Balaban J connectivity index is 2.47. The lowest BCUT2D eigenvalue weighted by Crippen LogP contribution is -2.30. The molecule has 0 atom stereocenters. The third kappa shape index (κ3) is 4.78. The van der Waals surface area contributed by atoms with Crippen molar-refractivity contribution in [1.82, 2.24) is 5.32 Å². The lowest BCUT2D eigenvalue weighted by Gasteiger charge is -2.09. The van der Waals surface area contributed by atoms with Gasteiger partial charge in [0.05, 0.1) is 12.1 Å². The molecule has 1 rings (SSSR count). The summed E-state index contributed by atoms with van der Waals surface area (Å²) in [6, 6.07) is 7.01. The SMILES string of the molecule is CSc1ccccc1NC(=O)NCCC(=O)O. The van der Waals surface area contributed by atoms with E-state index in [2.05, 4.69) is 10.6 Å². The zero-order valence-corrected chi connectivity index (χ0v) is 10.2. The molecule has 0 saturated heterocycles. The van der Waals surface area contributed by atoms with Crippen molar-refractivity contribution in [2.24, 2.45) is 0 Å². The molecular formula is C11H14N2O3S. The highest BCUT2D eigenvalue weighted by Crippen LogP contribution is 2.24. The van der Waals surface area contributed by atoms with Gasteiger partial charge in [-0.1, -0.05) is 12.1 Å². The molecular weight excluding hydrogens is 240 g/mol. The van der Waals surface area contributed by atoms with Crippen LogP contribution in [-0.4, -0.2) is 29.9 Å². The van der Waals surface area contributed by atoms with Crippen molar-refractivity contribution in [3.8, 4) is 0 Å². The molecule has 0 aliphatic rings. The molecule has 2 amide bonds. The van der Waals surface area contributed by atoms with E-state index in [1.165, 1.54) is 11.8 Å². The maximum atomic E-state index is 11.4.